The molecule has 0 spiro atoms. The second-order valence-electron chi connectivity index (χ2n) is 7.74. The van der Waals surface area contributed by atoms with Gasteiger partial charge in [-0.15, -0.1) is 0 Å². The molecule has 1 nitrogen and oxygen atoms in total. The summed E-state index contributed by atoms with van der Waals surface area (Å²) in [6, 6.07) is 10.2. The topological polar surface area (TPSA) is 9.23 Å². The van der Waals surface area contributed by atoms with Gasteiger partial charge in [0.2, 0.25) is 0 Å². The smallest absolute Gasteiger partial charge is 0.130 e. The van der Waals surface area contributed by atoms with Crippen LogP contribution in [0.5, 0.6) is 0 Å². The van der Waals surface area contributed by atoms with E-state index in [9.17, 15) is 0 Å². The van der Waals surface area contributed by atoms with Gasteiger partial charge in [-0.05, 0) is 79.7 Å². The van der Waals surface area contributed by atoms with Gasteiger partial charge in [0.05, 0.1) is 0 Å². The first kappa shape index (κ1) is 26.4. The molecule has 0 unspecified atom stereocenters. The second kappa shape index (κ2) is 14.3. The molecule has 1 aromatic rings. The highest BCUT2D eigenvalue weighted by molar-refractivity contribution is 5.73. The highest BCUT2D eigenvalue weighted by Crippen LogP contribution is 2.28. The summed E-state index contributed by atoms with van der Waals surface area (Å²) < 4.78 is 6.16. The lowest BCUT2D eigenvalue weighted by molar-refractivity contribution is 0.328. The summed E-state index contributed by atoms with van der Waals surface area (Å²) in [6.45, 7) is 18.2. The van der Waals surface area contributed by atoms with Crippen molar-refractivity contribution >= 4 is 5.57 Å². The van der Waals surface area contributed by atoms with Gasteiger partial charge in [-0.2, -0.15) is 0 Å². The minimum Gasteiger partial charge on any atom is -0.457 e. The largest absolute Gasteiger partial charge is 0.457 e. The van der Waals surface area contributed by atoms with Crippen molar-refractivity contribution in [3.8, 4) is 0 Å². The Labute approximate surface area is 206 Å². The molecule has 0 fully saturated rings. The molecule has 0 atom stereocenters. The monoisotopic (exact) mass is 448 g/mol. The molecule has 0 heterocycles. The first-order valence-corrected chi connectivity index (χ1v) is 11.7. The zero-order chi connectivity index (χ0) is 24.8. The van der Waals surface area contributed by atoms with Crippen LogP contribution in [0.3, 0.4) is 0 Å². The van der Waals surface area contributed by atoms with Gasteiger partial charge in [-0.25, -0.2) is 0 Å². The molecule has 34 heavy (non-hydrogen) atoms. The normalized spacial score (nSPS) is 15.6. The van der Waals surface area contributed by atoms with Crippen molar-refractivity contribution in [1.29, 1.82) is 0 Å². The number of benzene rings is 1. The van der Waals surface area contributed by atoms with Crippen molar-refractivity contribution in [3.63, 3.8) is 0 Å². The summed E-state index contributed by atoms with van der Waals surface area (Å²) in [5.74, 6) is 1.62. The molecule has 2 rings (SSSR count). The lowest BCUT2D eigenvalue weighted by atomic mass is 9.97. The summed E-state index contributed by atoms with van der Waals surface area (Å²) in [7, 11) is 0. The molecule has 0 saturated heterocycles. The molecule has 0 aliphatic heterocycles. The first-order valence-electron chi connectivity index (χ1n) is 11.7. The highest BCUT2D eigenvalue weighted by Gasteiger charge is 2.12. The second-order valence-corrected chi connectivity index (χ2v) is 7.74. The third-order valence-electron chi connectivity index (χ3n) is 5.49. The van der Waals surface area contributed by atoms with Gasteiger partial charge >= 0.3 is 0 Å². The van der Waals surface area contributed by atoms with Gasteiger partial charge in [-0.3, -0.25) is 0 Å². The van der Waals surface area contributed by atoms with Crippen LogP contribution in [-0.2, 0) is 4.74 Å². The summed E-state index contributed by atoms with van der Waals surface area (Å²) >= 11 is 0. The van der Waals surface area contributed by atoms with E-state index in [2.05, 4.69) is 68.3 Å². The van der Waals surface area contributed by atoms with E-state index in [4.69, 9.17) is 4.74 Å². The number of ether oxygens (including phenoxy) is 1. The van der Waals surface area contributed by atoms with Gasteiger partial charge in [0.25, 0.3) is 0 Å². The van der Waals surface area contributed by atoms with E-state index in [0.29, 0.717) is 0 Å². The number of rotatable bonds is 11. The van der Waals surface area contributed by atoms with Crippen LogP contribution in [0, 0.1) is 0 Å². The highest BCUT2D eigenvalue weighted by atomic mass is 16.5. The standard InChI is InChI=1S/C33H36O/c1-7-26(5)32-22-16-17-23-33(32)34-31(10-4)21-15-14-18-28(8-2)29(9-3)25-24-27(6)30-19-12-11-13-20-30/h7-15,17-21,23-25H,1,5-6,16,22H2,2-4H3/b18-14-,21-15+,25-24-,28-8+,29-9+,31-10-. The Bertz CT molecular complexity index is 1120. The Kier molecular flexibility index (Phi) is 11.1. The third kappa shape index (κ3) is 7.94. The molecule has 0 aromatic heterocycles. The lowest BCUT2D eigenvalue weighted by Crippen LogP contribution is -2.00. The van der Waals surface area contributed by atoms with Crippen LogP contribution in [0.1, 0.15) is 39.2 Å². The van der Waals surface area contributed by atoms with Crippen molar-refractivity contribution in [2.45, 2.75) is 33.6 Å². The fourth-order valence-corrected chi connectivity index (χ4v) is 3.46. The Hall–Kier alpha value is -3.84. The Morgan fingerprint density at radius 3 is 2.15 bits per heavy atom. The molecule has 0 amide bonds. The fourth-order valence-electron chi connectivity index (χ4n) is 3.46. The van der Waals surface area contributed by atoms with E-state index in [1.165, 1.54) is 0 Å². The molecule has 1 aliphatic carbocycles. The zero-order valence-electron chi connectivity index (χ0n) is 20.8. The minimum atomic E-state index is 0.785. The Morgan fingerprint density at radius 2 is 1.50 bits per heavy atom. The van der Waals surface area contributed by atoms with E-state index >= 15 is 0 Å². The molecule has 1 heteroatoms. The van der Waals surface area contributed by atoms with E-state index in [1.54, 1.807) is 6.08 Å². The number of hydrogen-bond donors (Lipinski definition) is 0. The van der Waals surface area contributed by atoms with Gasteiger partial charge in [-0.1, -0.05) is 105 Å². The van der Waals surface area contributed by atoms with E-state index < -0.39 is 0 Å². The molecule has 1 aliphatic rings. The van der Waals surface area contributed by atoms with Crippen molar-refractivity contribution in [2.75, 3.05) is 0 Å². The fraction of sp³-hybridized carbons (Fsp3) is 0.152. The molecule has 0 bridgehead atoms. The van der Waals surface area contributed by atoms with E-state index in [0.717, 1.165) is 57.8 Å². The van der Waals surface area contributed by atoms with Crippen LogP contribution in [0.15, 0.2) is 157 Å². The van der Waals surface area contributed by atoms with E-state index in [-0.39, 0.29) is 0 Å². The quantitative estimate of drug-likeness (QED) is 0.242. The van der Waals surface area contributed by atoms with Crippen LogP contribution < -0.4 is 0 Å². The maximum Gasteiger partial charge on any atom is 0.130 e. The summed E-state index contributed by atoms with van der Waals surface area (Å²) in [5.41, 5.74) is 6.40. The SMILES string of the molecule is C=CC(=C)C1=C(OC(=C\C)/C=C/C=C\C(=C/C)C(\C=C/C(=C)c2ccccc2)=C\C)C=CCC1. The van der Waals surface area contributed by atoms with Gasteiger partial charge in [0.1, 0.15) is 11.5 Å². The molecule has 0 radical (unpaired) electrons. The van der Waals surface area contributed by atoms with E-state index in [1.807, 2.05) is 69.4 Å². The molecule has 174 valence electrons. The average molecular weight is 449 g/mol. The molecule has 1 aromatic carbocycles. The summed E-state index contributed by atoms with van der Waals surface area (Å²) in [5, 5.41) is 0. The zero-order valence-corrected chi connectivity index (χ0v) is 20.8. The van der Waals surface area contributed by atoms with Gasteiger partial charge < -0.3 is 4.74 Å². The molecular formula is C33H36O. The minimum absolute atomic E-state index is 0.785. The van der Waals surface area contributed by atoms with Crippen molar-refractivity contribution < 1.29 is 4.74 Å². The van der Waals surface area contributed by atoms with Crippen LogP contribution in [0.4, 0.5) is 0 Å². The Balaban J connectivity index is 2.08. The maximum absolute atomic E-state index is 6.16. The van der Waals surface area contributed by atoms with Gasteiger partial charge in [0, 0.05) is 5.57 Å². The number of allylic oxidation sites excluding steroid dienone is 17. The maximum atomic E-state index is 6.16. The third-order valence-corrected chi connectivity index (χ3v) is 5.49. The molecular weight excluding hydrogens is 412 g/mol. The van der Waals surface area contributed by atoms with Crippen LogP contribution in [0.2, 0.25) is 0 Å². The predicted octanol–water partition coefficient (Wildman–Crippen LogP) is 9.53. The van der Waals surface area contributed by atoms with Crippen LogP contribution in [0.25, 0.3) is 5.57 Å². The molecule has 0 saturated carbocycles. The van der Waals surface area contributed by atoms with Crippen LogP contribution >= 0.6 is 0 Å². The first-order chi connectivity index (χ1) is 16.5. The van der Waals surface area contributed by atoms with Crippen LogP contribution in [-0.4, -0.2) is 0 Å². The summed E-state index contributed by atoms with van der Waals surface area (Å²) in [6.07, 6.45) is 26.3. The van der Waals surface area contributed by atoms with Crippen molar-refractivity contribution in [3.05, 3.63) is 162 Å². The lowest BCUT2D eigenvalue weighted by Gasteiger charge is -2.17. The summed E-state index contributed by atoms with van der Waals surface area (Å²) in [4.78, 5) is 0. The number of hydrogen-bond acceptors (Lipinski definition) is 1. The van der Waals surface area contributed by atoms with Crippen molar-refractivity contribution in [2.24, 2.45) is 0 Å². The Morgan fingerprint density at radius 1 is 0.824 bits per heavy atom. The molecule has 0 N–H and O–H groups in total. The van der Waals surface area contributed by atoms with Crippen molar-refractivity contribution in [1.82, 2.24) is 0 Å². The average Bonchev–Trinajstić information content (AvgIpc) is 2.89. The van der Waals surface area contributed by atoms with Gasteiger partial charge in [0.15, 0.2) is 0 Å². The predicted molar refractivity (Wildman–Crippen MR) is 150 cm³/mol.